The van der Waals surface area contributed by atoms with Crippen LogP contribution in [0, 0.1) is 0 Å². The average Bonchev–Trinajstić information content (AvgIpc) is 2.95. The summed E-state index contributed by atoms with van der Waals surface area (Å²) in [5, 5.41) is 0. The zero-order valence-electron chi connectivity index (χ0n) is 12.9. The van der Waals surface area contributed by atoms with Crippen molar-refractivity contribution in [2.45, 2.75) is 19.4 Å². The lowest BCUT2D eigenvalue weighted by Gasteiger charge is -2.34. The second-order valence-electron chi connectivity index (χ2n) is 5.91. The fraction of sp³-hybridized carbons (Fsp3) is 0.444. The van der Waals surface area contributed by atoms with Crippen LogP contribution in [0.1, 0.15) is 16.9 Å². The van der Waals surface area contributed by atoms with Gasteiger partial charge in [-0.1, -0.05) is 41.9 Å². The summed E-state index contributed by atoms with van der Waals surface area (Å²) < 4.78 is 0.898. The van der Waals surface area contributed by atoms with E-state index in [0.717, 1.165) is 10.9 Å². The van der Waals surface area contributed by atoms with Gasteiger partial charge in [0.05, 0.1) is 4.34 Å². The van der Waals surface area contributed by atoms with Crippen LogP contribution in [0.15, 0.2) is 42.5 Å². The summed E-state index contributed by atoms with van der Waals surface area (Å²) in [5.41, 5.74) is 1.45. The molecule has 4 heteroatoms. The minimum absolute atomic E-state index is 0.898. The number of hydrogen-bond acceptors (Lipinski definition) is 3. The van der Waals surface area contributed by atoms with Crippen LogP contribution in [0.25, 0.3) is 0 Å². The summed E-state index contributed by atoms with van der Waals surface area (Å²) in [6.07, 6.45) is 2.44. The predicted molar refractivity (Wildman–Crippen MR) is 95.8 cm³/mol. The predicted octanol–water partition coefficient (Wildman–Crippen LogP) is 4.15. The van der Waals surface area contributed by atoms with Gasteiger partial charge < -0.3 is 4.90 Å². The van der Waals surface area contributed by atoms with Crippen LogP contribution in [-0.4, -0.2) is 42.5 Å². The molecule has 0 spiro atoms. The van der Waals surface area contributed by atoms with Gasteiger partial charge in [-0.05, 0) is 37.1 Å². The third-order valence-corrected chi connectivity index (χ3v) is 5.47. The number of halogens is 1. The van der Waals surface area contributed by atoms with Crippen LogP contribution in [0.3, 0.4) is 0 Å². The minimum atomic E-state index is 0.898. The molecule has 2 heterocycles. The highest BCUT2D eigenvalue weighted by Gasteiger charge is 2.17. The highest BCUT2D eigenvalue weighted by atomic mass is 35.5. The molecule has 0 N–H and O–H groups in total. The van der Waals surface area contributed by atoms with Gasteiger partial charge in [-0.3, -0.25) is 4.90 Å². The van der Waals surface area contributed by atoms with Crippen molar-refractivity contribution in [2.24, 2.45) is 0 Å². The smallest absolute Gasteiger partial charge is 0.0931 e. The SMILES string of the molecule is Clc1ccc(CN2CCN(CCCc3ccccc3)CC2)s1. The van der Waals surface area contributed by atoms with Crippen molar-refractivity contribution < 1.29 is 0 Å². The molecule has 1 aliphatic rings. The van der Waals surface area contributed by atoms with Crippen molar-refractivity contribution in [1.29, 1.82) is 0 Å². The Morgan fingerprint density at radius 1 is 0.909 bits per heavy atom. The van der Waals surface area contributed by atoms with Gasteiger partial charge in [0, 0.05) is 37.6 Å². The molecule has 1 aliphatic heterocycles. The van der Waals surface area contributed by atoms with E-state index < -0.39 is 0 Å². The van der Waals surface area contributed by atoms with Gasteiger partial charge in [-0.25, -0.2) is 0 Å². The van der Waals surface area contributed by atoms with Crippen LogP contribution >= 0.6 is 22.9 Å². The Labute approximate surface area is 142 Å². The highest BCUT2D eigenvalue weighted by molar-refractivity contribution is 7.16. The van der Waals surface area contributed by atoms with Crippen molar-refractivity contribution >= 4 is 22.9 Å². The number of thiophene rings is 1. The number of benzene rings is 1. The topological polar surface area (TPSA) is 6.48 Å². The summed E-state index contributed by atoms with van der Waals surface area (Å²) in [4.78, 5) is 6.51. The maximum absolute atomic E-state index is 6.00. The number of aryl methyl sites for hydroxylation is 1. The Morgan fingerprint density at radius 3 is 2.32 bits per heavy atom. The molecule has 1 fully saturated rings. The van der Waals surface area contributed by atoms with Crippen LogP contribution in [0.2, 0.25) is 4.34 Å². The standard InChI is InChI=1S/C18H23ClN2S/c19-18-9-8-17(22-18)15-21-13-11-20(12-14-21)10-4-7-16-5-2-1-3-6-16/h1-3,5-6,8-9H,4,7,10-15H2. The highest BCUT2D eigenvalue weighted by Crippen LogP contribution is 2.23. The first-order chi connectivity index (χ1) is 10.8. The Bertz CT molecular complexity index is 561. The third-order valence-electron chi connectivity index (χ3n) is 4.26. The first-order valence-corrected chi connectivity index (χ1v) is 9.22. The van der Waals surface area contributed by atoms with Crippen molar-refractivity contribution in [1.82, 2.24) is 9.80 Å². The third kappa shape index (κ3) is 4.82. The molecule has 1 saturated heterocycles. The molecule has 3 rings (SSSR count). The molecule has 2 aromatic rings. The molecule has 0 amide bonds. The lowest BCUT2D eigenvalue weighted by Crippen LogP contribution is -2.46. The van der Waals surface area contributed by atoms with Gasteiger partial charge >= 0.3 is 0 Å². The molecule has 1 aromatic carbocycles. The average molecular weight is 335 g/mol. The molecule has 0 saturated carbocycles. The summed E-state index contributed by atoms with van der Waals surface area (Å²) in [6, 6.07) is 15.0. The molecule has 0 radical (unpaired) electrons. The van der Waals surface area contributed by atoms with E-state index >= 15 is 0 Å². The van der Waals surface area contributed by atoms with E-state index in [-0.39, 0.29) is 0 Å². The molecule has 1 aromatic heterocycles. The van der Waals surface area contributed by atoms with Crippen molar-refractivity contribution in [3.8, 4) is 0 Å². The molecule has 22 heavy (non-hydrogen) atoms. The van der Waals surface area contributed by atoms with Crippen LogP contribution in [0.5, 0.6) is 0 Å². The maximum atomic E-state index is 6.00. The van der Waals surface area contributed by atoms with Crippen LogP contribution in [0.4, 0.5) is 0 Å². The number of nitrogens with zero attached hydrogens (tertiary/aromatic N) is 2. The molecular formula is C18H23ClN2S. The Kier molecular flexibility index (Phi) is 5.90. The van der Waals surface area contributed by atoms with Crippen LogP contribution in [-0.2, 0) is 13.0 Å². The molecular weight excluding hydrogens is 312 g/mol. The normalized spacial score (nSPS) is 17.0. The fourth-order valence-corrected chi connectivity index (χ4v) is 4.11. The first kappa shape index (κ1) is 16.0. The molecule has 0 unspecified atom stereocenters. The van der Waals surface area contributed by atoms with Gasteiger partial charge in [0.15, 0.2) is 0 Å². The lowest BCUT2D eigenvalue weighted by atomic mass is 10.1. The maximum Gasteiger partial charge on any atom is 0.0931 e. The quantitative estimate of drug-likeness (QED) is 0.783. The molecule has 118 valence electrons. The largest absolute Gasteiger partial charge is 0.301 e. The van der Waals surface area contributed by atoms with Crippen molar-refractivity contribution in [3.05, 3.63) is 57.2 Å². The Morgan fingerprint density at radius 2 is 1.64 bits per heavy atom. The second-order valence-corrected chi connectivity index (χ2v) is 7.71. The van der Waals surface area contributed by atoms with E-state index in [0.29, 0.717) is 0 Å². The van der Waals surface area contributed by atoms with E-state index in [9.17, 15) is 0 Å². The Hall–Kier alpha value is -0.870. The number of piperazine rings is 1. The summed E-state index contributed by atoms with van der Waals surface area (Å²) in [7, 11) is 0. The Balaban J connectivity index is 1.35. The fourth-order valence-electron chi connectivity index (χ4n) is 2.98. The zero-order valence-corrected chi connectivity index (χ0v) is 14.5. The summed E-state index contributed by atoms with van der Waals surface area (Å²) in [6.45, 7) is 6.98. The molecule has 2 nitrogen and oxygen atoms in total. The van der Waals surface area contributed by atoms with Crippen molar-refractivity contribution in [3.63, 3.8) is 0 Å². The van der Waals surface area contributed by atoms with E-state index in [1.54, 1.807) is 11.3 Å². The van der Waals surface area contributed by atoms with Gasteiger partial charge in [0.25, 0.3) is 0 Å². The van der Waals surface area contributed by atoms with Gasteiger partial charge in [0.1, 0.15) is 0 Å². The van der Waals surface area contributed by atoms with E-state index in [2.05, 4.69) is 46.2 Å². The van der Waals surface area contributed by atoms with E-state index in [1.807, 2.05) is 6.07 Å². The van der Waals surface area contributed by atoms with E-state index in [1.165, 1.54) is 56.0 Å². The monoisotopic (exact) mass is 334 g/mol. The lowest BCUT2D eigenvalue weighted by molar-refractivity contribution is 0.127. The van der Waals surface area contributed by atoms with Gasteiger partial charge in [-0.2, -0.15) is 0 Å². The van der Waals surface area contributed by atoms with E-state index in [4.69, 9.17) is 11.6 Å². The van der Waals surface area contributed by atoms with Crippen LogP contribution < -0.4 is 0 Å². The second kappa shape index (κ2) is 8.11. The zero-order chi connectivity index (χ0) is 15.2. The minimum Gasteiger partial charge on any atom is -0.301 e. The van der Waals surface area contributed by atoms with Crippen molar-refractivity contribution in [2.75, 3.05) is 32.7 Å². The number of hydrogen-bond donors (Lipinski definition) is 0. The van der Waals surface area contributed by atoms with Gasteiger partial charge in [-0.15, -0.1) is 11.3 Å². The molecule has 0 aliphatic carbocycles. The number of rotatable bonds is 6. The molecule has 0 bridgehead atoms. The molecule has 0 atom stereocenters. The summed E-state index contributed by atoms with van der Waals surface area (Å²) in [5.74, 6) is 0. The van der Waals surface area contributed by atoms with Gasteiger partial charge in [0.2, 0.25) is 0 Å². The first-order valence-electron chi connectivity index (χ1n) is 8.02. The summed E-state index contributed by atoms with van der Waals surface area (Å²) >= 11 is 7.70.